The van der Waals surface area contributed by atoms with Crippen molar-refractivity contribution in [3.05, 3.63) is 0 Å². The second kappa shape index (κ2) is 4.14. The van der Waals surface area contributed by atoms with Gasteiger partial charge in [0, 0.05) is 5.41 Å². The Hall–Kier alpha value is -0.820. The summed E-state index contributed by atoms with van der Waals surface area (Å²) in [6.45, 7) is 9.86. The van der Waals surface area contributed by atoms with Crippen LogP contribution in [0.3, 0.4) is 0 Å². The van der Waals surface area contributed by atoms with Crippen LogP contribution in [-0.4, -0.2) is 23.8 Å². The molecule has 0 heterocycles. The average Bonchev–Trinajstić information content (AvgIpc) is 1.85. The SMILES string of the molecule is CC[N+](N)=C=NCC(C)(C)C. The molecule has 11 heavy (non-hydrogen) atoms. The van der Waals surface area contributed by atoms with Crippen LogP contribution in [0.2, 0.25) is 0 Å². The maximum absolute atomic E-state index is 5.43. The molecule has 0 spiro atoms. The Morgan fingerprint density at radius 3 is 2.36 bits per heavy atom. The Labute approximate surface area is 68.6 Å². The number of nitrogens with two attached hydrogens (primary N) is 1. The van der Waals surface area contributed by atoms with Gasteiger partial charge in [-0.15, -0.1) is 4.68 Å². The molecule has 64 valence electrons. The van der Waals surface area contributed by atoms with Crippen LogP contribution in [0.25, 0.3) is 0 Å². The summed E-state index contributed by atoms with van der Waals surface area (Å²) >= 11 is 0. The van der Waals surface area contributed by atoms with Gasteiger partial charge in [-0.3, -0.25) is 5.84 Å². The zero-order valence-electron chi connectivity index (χ0n) is 7.89. The number of hydrogen-bond acceptors (Lipinski definition) is 2. The van der Waals surface area contributed by atoms with Gasteiger partial charge in [0.2, 0.25) is 0 Å². The van der Waals surface area contributed by atoms with Gasteiger partial charge in [0.1, 0.15) is 13.1 Å². The van der Waals surface area contributed by atoms with Crippen LogP contribution < -0.4 is 5.84 Å². The first-order valence-corrected chi connectivity index (χ1v) is 3.90. The van der Waals surface area contributed by atoms with E-state index in [1.807, 2.05) is 6.92 Å². The van der Waals surface area contributed by atoms with Gasteiger partial charge in [-0.05, 0) is 11.9 Å². The van der Waals surface area contributed by atoms with Crippen LogP contribution >= 0.6 is 0 Å². The van der Waals surface area contributed by atoms with Crippen molar-refractivity contribution in [3.8, 4) is 0 Å². The molecule has 0 unspecified atom stereocenters. The van der Waals surface area contributed by atoms with Crippen molar-refractivity contribution in [2.45, 2.75) is 27.7 Å². The highest BCUT2D eigenvalue weighted by molar-refractivity contribution is 5.33. The minimum absolute atomic E-state index is 0.224. The quantitative estimate of drug-likeness (QED) is 0.277. The third-order valence-corrected chi connectivity index (χ3v) is 1.09. The summed E-state index contributed by atoms with van der Waals surface area (Å²) in [6.07, 6.45) is 0. The number of hydrazone groups is 1. The zero-order valence-corrected chi connectivity index (χ0v) is 7.89. The van der Waals surface area contributed by atoms with E-state index >= 15 is 0 Å². The largest absolute Gasteiger partial charge is 0.331 e. The fourth-order valence-corrected chi connectivity index (χ4v) is 0.434. The molecule has 0 fully saturated rings. The molecule has 0 atom stereocenters. The van der Waals surface area contributed by atoms with Gasteiger partial charge < -0.3 is 0 Å². The van der Waals surface area contributed by atoms with Gasteiger partial charge in [-0.25, -0.2) is 0 Å². The van der Waals surface area contributed by atoms with Crippen molar-refractivity contribution in [1.82, 2.24) is 0 Å². The van der Waals surface area contributed by atoms with Crippen molar-refractivity contribution in [2.24, 2.45) is 16.3 Å². The maximum Gasteiger partial charge on any atom is 0.331 e. The number of hydrogen-bond donors (Lipinski definition) is 1. The highest BCUT2D eigenvalue weighted by Gasteiger charge is 2.11. The molecular formula is C8H18N3+. The molecule has 0 rings (SSSR count). The second-order valence-electron chi connectivity index (χ2n) is 3.76. The van der Waals surface area contributed by atoms with E-state index in [-0.39, 0.29) is 5.41 Å². The third-order valence-electron chi connectivity index (χ3n) is 1.09. The molecule has 3 heteroatoms. The average molecular weight is 156 g/mol. The Balaban J connectivity index is 3.96. The number of aliphatic imine (C=N–C) groups is 1. The Bertz CT molecular complexity index is 170. The van der Waals surface area contributed by atoms with E-state index in [4.69, 9.17) is 5.84 Å². The van der Waals surface area contributed by atoms with Crippen LogP contribution in [-0.2, 0) is 0 Å². The van der Waals surface area contributed by atoms with Crippen LogP contribution in [0.1, 0.15) is 27.7 Å². The monoisotopic (exact) mass is 156 g/mol. The Morgan fingerprint density at radius 1 is 1.45 bits per heavy atom. The minimum Gasteiger partial charge on any atom is -0.266 e. The smallest absolute Gasteiger partial charge is 0.266 e. The van der Waals surface area contributed by atoms with Crippen LogP contribution in [0, 0.1) is 5.41 Å². The van der Waals surface area contributed by atoms with Crippen molar-refractivity contribution in [1.29, 1.82) is 0 Å². The first-order valence-electron chi connectivity index (χ1n) is 3.90. The number of rotatable bonds is 2. The molecule has 0 aliphatic heterocycles. The molecule has 0 amide bonds. The normalized spacial score (nSPS) is 10.5. The first-order chi connectivity index (χ1) is 4.95. The zero-order chi connectivity index (χ0) is 8.91. The minimum atomic E-state index is 0.224. The van der Waals surface area contributed by atoms with Crippen LogP contribution in [0.15, 0.2) is 4.99 Å². The molecule has 0 radical (unpaired) electrons. The van der Waals surface area contributed by atoms with Gasteiger partial charge in [-0.1, -0.05) is 20.8 Å². The molecule has 0 aliphatic carbocycles. The first kappa shape index (κ1) is 10.2. The molecule has 0 aromatic carbocycles. The van der Waals surface area contributed by atoms with E-state index in [1.54, 1.807) is 0 Å². The van der Waals surface area contributed by atoms with Gasteiger partial charge in [0.15, 0.2) is 0 Å². The fourth-order valence-electron chi connectivity index (χ4n) is 0.434. The Kier molecular flexibility index (Phi) is 3.83. The van der Waals surface area contributed by atoms with Crippen molar-refractivity contribution < 1.29 is 4.68 Å². The highest BCUT2D eigenvalue weighted by atomic mass is 15.3. The fraction of sp³-hybridized carbons (Fsp3) is 0.875. The molecule has 0 saturated heterocycles. The summed E-state index contributed by atoms with van der Waals surface area (Å²) in [7, 11) is 0. The summed E-state index contributed by atoms with van der Waals surface area (Å²) in [5.41, 5.74) is 0.224. The van der Waals surface area contributed by atoms with Crippen LogP contribution in [0.5, 0.6) is 0 Å². The molecule has 0 aliphatic rings. The molecule has 0 aromatic heterocycles. The number of hydrazine groups is 1. The van der Waals surface area contributed by atoms with Crippen molar-refractivity contribution in [2.75, 3.05) is 13.1 Å². The van der Waals surface area contributed by atoms with Crippen LogP contribution in [0.4, 0.5) is 0 Å². The van der Waals surface area contributed by atoms with Gasteiger partial charge in [-0.2, -0.15) is 0 Å². The van der Waals surface area contributed by atoms with Gasteiger partial charge in [0.05, 0.1) is 0 Å². The van der Waals surface area contributed by atoms with E-state index in [1.165, 1.54) is 4.68 Å². The van der Waals surface area contributed by atoms with E-state index < -0.39 is 0 Å². The molecular weight excluding hydrogens is 138 g/mol. The topological polar surface area (TPSA) is 41.4 Å². The van der Waals surface area contributed by atoms with Gasteiger partial charge >= 0.3 is 6.01 Å². The Morgan fingerprint density at radius 2 is 2.00 bits per heavy atom. The van der Waals surface area contributed by atoms with Gasteiger partial charge in [0.25, 0.3) is 0 Å². The number of nitrogens with zero attached hydrogens (tertiary/aromatic N) is 2. The van der Waals surface area contributed by atoms with E-state index in [0.717, 1.165) is 13.1 Å². The lowest BCUT2D eigenvalue weighted by molar-refractivity contribution is -0.529. The lowest BCUT2D eigenvalue weighted by Crippen LogP contribution is -2.18. The summed E-state index contributed by atoms with van der Waals surface area (Å²) in [4.78, 5) is 4.06. The summed E-state index contributed by atoms with van der Waals surface area (Å²) in [6, 6.07) is 2.72. The molecule has 2 N–H and O–H groups in total. The lowest BCUT2D eigenvalue weighted by atomic mass is 9.98. The van der Waals surface area contributed by atoms with E-state index in [9.17, 15) is 0 Å². The molecule has 0 bridgehead atoms. The standard InChI is InChI=1S/C8H18N3/c1-5-11(9)7-10-6-8(2,3)4/h5-6,9H2,1-4H3/q+1. The molecule has 3 nitrogen and oxygen atoms in total. The predicted octanol–water partition coefficient (Wildman–Crippen LogP) is 1.11. The highest BCUT2D eigenvalue weighted by Crippen LogP contribution is 2.11. The third kappa shape index (κ3) is 7.07. The molecule has 0 aromatic rings. The lowest BCUT2D eigenvalue weighted by Gasteiger charge is -2.08. The van der Waals surface area contributed by atoms with E-state index in [2.05, 4.69) is 31.8 Å². The second-order valence-corrected chi connectivity index (χ2v) is 3.76. The maximum atomic E-state index is 5.43. The molecule has 0 saturated carbocycles. The van der Waals surface area contributed by atoms with E-state index in [0.29, 0.717) is 0 Å². The summed E-state index contributed by atoms with van der Waals surface area (Å²) in [5, 5.41) is 0. The van der Waals surface area contributed by atoms with Crippen molar-refractivity contribution >= 4 is 6.01 Å². The predicted molar refractivity (Wildman–Crippen MR) is 46.7 cm³/mol. The van der Waals surface area contributed by atoms with Crippen molar-refractivity contribution in [3.63, 3.8) is 0 Å². The summed E-state index contributed by atoms with van der Waals surface area (Å²) in [5.74, 6) is 5.43. The summed E-state index contributed by atoms with van der Waals surface area (Å²) < 4.78 is 1.45.